The van der Waals surface area contributed by atoms with Gasteiger partial charge in [-0.15, -0.1) is 12.4 Å². The molecule has 5 heteroatoms. The van der Waals surface area contributed by atoms with E-state index >= 15 is 0 Å². The highest BCUT2D eigenvalue weighted by Gasteiger charge is 2.30. The molecule has 98 valence electrons. The molecule has 0 bridgehead atoms. The molecule has 0 aliphatic carbocycles. The SMILES string of the molecule is Cl.[2H]C([2H])([2H])C([2H])([2H])NC(C)Cc1cccc(C(F)(F)F)c1. The first-order valence-corrected chi connectivity index (χ1v) is 4.77. The normalized spacial score (nSPS) is 18.9. The maximum absolute atomic E-state index is 12.6. The highest BCUT2D eigenvalue weighted by atomic mass is 35.5. The summed E-state index contributed by atoms with van der Waals surface area (Å²) in [6.07, 6.45) is -4.36. The molecule has 0 aliphatic rings. The molecule has 1 atom stereocenters. The summed E-state index contributed by atoms with van der Waals surface area (Å²) < 4.78 is 73.8. The van der Waals surface area contributed by atoms with E-state index in [2.05, 4.69) is 5.32 Å². The van der Waals surface area contributed by atoms with Gasteiger partial charge in [-0.25, -0.2) is 0 Å². The molecule has 0 aliphatic heterocycles. The van der Waals surface area contributed by atoms with Crippen LogP contribution in [0.4, 0.5) is 13.2 Å². The number of benzene rings is 1. The summed E-state index contributed by atoms with van der Waals surface area (Å²) in [5.74, 6) is 0. The minimum Gasteiger partial charge on any atom is -0.314 e. The van der Waals surface area contributed by atoms with Gasteiger partial charge < -0.3 is 5.32 Å². The van der Waals surface area contributed by atoms with Gasteiger partial charge in [0.15, 0.2) is 0 Å². The predicted molar refractivity (Wildman–Crippen MR) is 65.5 cm³/mol. The molecule has 1 rings (SSSR count). The number of alkyl halides is 3. The van der Waals surface area contributed by atoms with Crippen LogP contribution in [0.5, 0.6) is 0 Å². The highest BCUT2D eigenvalue weighted by Crippen LogP contribution is 2.29. The van der Waals surface area contributed by atoms with Gasteiger partial charge in [0, 0.05) is 12.9 Å². The number of hydrogen-bond acceptors (Lipinski definition) is 1. The lowest BCUT2D eigenvalue weighted by molar-refractivity contribution is -0.137. The van der Waals surface area contributed by atoms with Crippen LogP contribution in [0.25, 0.3) is 0 Å². The molecule has 1 aromatic rings. The Bertz CT molecular complexity index is 490. The zero-order valence-electron chi connectivity index (χ0n) is 14.1. The van der Waals surface area contributed by atoms with Crippen molar-refractivity contribution in [3.8, 4) is 0 Å². The first-order valence-electron chi connectivity index (χ1n) is 7.27. The van der Waals surface area contributed by atoms with Crippen LogP contribution in [-0.4, -0.2) is 12.5 Å². The summed E-state index contributed by atoms with van der Waals surface area (Å²) >= 11 is 0. The van der Waals surface area contributed by atoms with E-state index in [1.54, 1.807) is 0 Å². The topological polar surface area (TPSA) is 12.0 Å². The number of nitrogens with one attached hydrogen (secondary N) is 1. The molecule has 0 aromatic heterocycles. The second kappa shape index (κ2) is 6.87. The van der Waals surface area contributed by atoms with Crippen molar-refractivity contribution in [2.75, 3.05) is 6.50 Å². The Hall–Kier alpha value is -0.740. The third-order valence-electron chi connectivity index (χ3n) is 2.11. The molecule has 1 N–H and O–H groups in total. The quantitative estimate of drug-likeness (QED) is 0.882. The van der Waals surface area contributed by atoms with Gasteiger partial charge in [-0.1, -0.05) is 25.1 Å². The van der Waals surface area contributed by atoms with Crippen molar-refractivity contribution in [1.29, 1.82) is 0 Å². The number of rotatable bonds is 4. The van der Waals surface area contributed by atoms with Crippen molar-refractivity contribution in [2.45, 2.75) is 32.4 Å². The first-order chi connectivity index (χ1) is 9.33. The molecule has 1 nitrogen and oxygen atoms in total. The molecule has 0 radical (unpaired) electrons. The lowest BCUT2D eigenvalue weighted by Crippen LogP contribution is -2.27. The molecular formula is C12H17ClF3N. The van der Waals surface area contributed by atoms with Gasteiger partial charge in [0.25, 0.3) is 0 Å². The highest BCUT2D eigenvalue weighted by molar-refractivity contribution is 5.85. The van der Waals surface area contributed by atoms with Gasteiger partial charge in [0.05, 0.1) is 5.56 Å². The Balaban J connectivity index is 0.00000441. The fourth-order valence-corrected chi connectivity index (χ4v) is 1.40. The lowest BCUT2D eigenvalue weighted by atomic mass is 10.0. The van der Waals surface area contributed by atoms with Crippen molar-refractivity contribution in [3.63, 3.8) is 0 Å². The van der Waals surface area contributed by atoms with Crippen LogP contribution in [0.2, 0.25) is 0 Å². The number of likely N-dealkylation sites (N-methyl/N-ethyl adjacent to an activating group) is 1. The van der Waals surface area contributed by atoms with E-state index in [1.807, 2.05) is 0 Å². The second-order valence-electron chi connectivity index (χ2n) is 3.57. The van der Waals surface area contributed by atoms with E-state index in [0.29, 0.717) is 5.56 Å². The second-order valence-corrected chi connectivity index (χ2v) is 3.57. The maximum Gasteiger partial charge on any atom is 0.416 e. The van der Waals surface area contributed by atoms with Crippen molar-refractivity contribution in [1.82, 2.24) is 5.32 Å². The van der Waals surface area contributed by atoms with E-state index in [1.165, 1.54) is 19.1 Å². The maximum atomic E-state index is 12.6. The molecule has 0 saturated heterocycles. The molecule has 0 fully saturated rings. The van der Waals surface area contributed by atoms with Gasteiger partial charge in [-0.2, -0.15) is 13.2 Å². The molecule has 0 saturated carbocycles. The summed E-state index contributed by atoms with van der Waals surface area (Å²) in [6.45, 7) is -3.94. The zero-order valence-corrected chi connectivity index (χ0v) is 9.95. The van der Waals surface area contributed by atoms with Crippen LogP contribution in [0.1, 0.15) is 31.8 Å². The summed E-state index contributed by atoms with van der Waals surface area (Å²) in [5, 5.41) is 2.29. The summed E-state index contributed by atoms with van der Waals surface area (Å²) in [7, 11) is 0. The van der Waals surface area contributed by atoms with E-state index in [9.17, 15) is 13.2 Å². The Morgan fingerprint density at radius 2 is 2.18 bits per heavy atom. The van der Waals surface area contributed by atoms with E-state index in [-0.39, 0.29) is 18.8 Å². The van der Waals surface area contributed by atoms with Crippen molar-refractivity contribution in [2.24, 2.45) is 0 Å². The van der Waals surface area contributed by atoms with Gasteiger partial charge >= 0.3 is 6.18 Å². The van der Waals surface area contributed by atoms with E-state index in [4.69, 9.17) is 6.85 Å². The molecule has 0 heterocycles. The van der Waals surface area contributed by atoms with E-state index < -0.39 is 31.1 Å². The number of hydrogen-bond donors (Lipinski definition) is 1. The molecule has 0 amide bonds. The molecule has 1 unspecified atom stereocenters. The van der Waals surface area contributed by atoms with Crippen LogP contribution in [-0.2, 0) is 12.6 Å². The Morgan fingerprint density at radius 3 is 2.76 bits per heavy atom. The standard InChI is InChI=1S/C12H16F3N.ClH/c1-3-16-9(2)7-10-5-4-6-11(8-10)12(13,14)15;/h4-6,8-9,16H,3,7H2,1-2H3;1H/i1D3,3D2;. The fraction of sp³-hybridized carbons (Fsp3) is 0.500. The Morgan fingerprint density at radius 1 is 1.47 bits per heavy atom. The molecule has 1 aromatic carbocycles. The largest absolute Gasteiger partial charge is 0.416 e. The zero-order chi connectivity index (χ0) is 16.5. The van der Waals surface area contributed by atoms with Crippen LogP contribution in [0.3, 0.4) is 0 Å². The van der Waals surface area contributed by atoms with Gasteiger partial charge in [0.2, 0.25) is 0 Å². The van der Waals surface area contributed by atoms with Crippen molar-refractivity contribution < 1.29 is 20.0 Å². The minimum absolute atomic E-state index is 0. The van der Waals surface area contributed by atoms with Gasteiger partial charge in [-0.05, 0) is 31.5 Å². The number of halogens is 4. The van der Waals surface area contributed by atoms with Crippen molar-refractivity contribution in [3.05, 3.63) is 35.4 Å². The monoisotopic (exact) mass is 272 g/mol. The predicted octanol–water partition coefficient (Wildman–Crippen LogP) is 3.67. The molecular weight excluding hydrogens is 251 g/mol. The van der Waals surface area contributed by atoms with Crippen molar-refractivity contribution >= 4 is 12.4 Å². The summed E-state index contributed by atoms with van der Waals surface area (Å²) in [6, 6.07) is 4.04. The van der Waals surface area contributed by atoms with E-state index in [0.717, 1.165) is 12.1 Å². The first kappa shape index (κ1) is 9.22. The van der Waals surface area contributed by atoms with Crippen LogP contribution < -0.4 is 5.32 Å². The Kier molecular flexibility index (Phi) is 3.73. The molecule has 0 spiro atoms. The van der Waals surface area contributed by atoms with Gasteiger partial charge in [-0.3, -0.25) is 0 Å². The third-order valence-corrected chi connectivity index (χ3v) is 2.11. The van der Waals surface area contributed by atoms with Crippen LogP contribution in [0, 0.1) is 0 Å². The smallest absolute Gasteiger partial charge is 0.314 e. The summed E-state index contributed by atoms with van der Waals surface area (Å²) in [5.41, 5.74) is -0.433. The summed E-state index contributed by atoms with van der Waals surface area (Å²) in [4.78, 5) is 0. The lowest BCUT2D eigenvalue weighted by Gasteiger charge is -2.13. The average Bonchev–Trinajstić information content (AvgIpc) is 2.25. The fourth-order valence-electron chi connectivity index (χ4n) is 1.40. The molecule has 17 heavy (non-hydrogen) atoms. The van der Waals surface area contributed by atoms with Crippen LogP contribution in [0.15, 0.2) is 24.3 Å². The minimum atomic E-state index is -4.44. The van der Waals surface area contributed by atoms with Crippen LogP contribution >= 0.6 is 12.4 Å². The average molecular weight is 273 g/mol. The Labute approximate surface area is 113 Å². The van der Waals surface area contributed by atoms with Gasteiger partial charge in [0.1, 0.15) is 0 Å². The third kappa shape index (κ3) is 5.41.